The molecule has 0 bridgehead atoms. The highest BCUT2D eigenvalue weighted by atomic mass is 16.5. The first-order chi connectivity index (χ1) is 14.3. The fraction of sp³-hybridized carbons (Fsp3) is 0.125. The summed E-state index contributed by atoms with van der Waals surface area (Å²) in [5.74, 6) is 2.46. The number of aromatic amines is 1. The smallest absolute Gasteiger partial charge is 0.204 e. The normalized spacial score (nSPS) is 11.3. The lowest BCUT2D eigenvalue weighted by Crippen LogP contribution is -1.97. The molecule has 0 aliphatic heterocycles. The van der Waals surface area contributed by atoms with E-state index >= 15 is 0 Å². The van der Waals surface area contributed by atoms with Crippen LogP contribution >= 0.6 is 0 Å². The number of hydrogen-bond acceptors (Lipinski definition) is 4. The van der Waals surface area contributed by atoms with Gasteiger partial charge in [-0.25, -0.2) is 4.98 Å². The molecule has 5 nitrogen and oxygen atoms in total. The summed E-state index contributed by atoms with van der Waals surface area (Å²) in [5.41, 5.74) is 2.76. The number of nitrogens with one attached hydrogen (secondary N) is 1. The number of rotatable bonds is 4. The third-order valence-electron chi connectivity index (χ3n) is 5.33. The number of methoxy groups -OCH3 is 3. The Morgan fingerprint density at radius 1 is 0.655 bits per heavy atom. The molecular formula is C24H20N2O3. The predicted octanol–water partition coefficient (Wildman–Crippen LogP) is 5.56. The summed E-state index contributed by atoms with van der Waals surface area (Å²) in [6.07, 6.45) is 0. The Labute approximate surface area is 167 Å². The molecule has 0 saturated carbocycles. The van der Waals surface area contributed by atoms with Crippen LogP contribution in [0.5, 0.6) is 17.2 Å². The van der Waals surface area contributed by atoms with Gasteiger partial charge in [0.05, 0.1) is 37.9 Å². The van der Waals surface area contributed by atoms with Crippen molar-refractivity contribution in [3.63, 3.8) is 0 Å². The molecule has 0 aliphatic rings. The van der Waals surface area contributed by atoms with Gasteiger partial charge < -0.3 is 19.2 Å². The van der Waals surface area contributed by atoms with Crippen molar-refractivity contribution in [1.82, 2.24) is 9.97 Å². The molecule has 0 saturated heterocycles. The van der Waals surface area contributed by atoms with Gasteiger partial charge >= 0.3 is 0 Å². The number of fused-ring (bicyclic) bond motifs is 6. The van der Waals surface area contributed by atoms with Crippen molar-refractivity contribution in [2.75, 3.05) is 21.3 Å². The summed E-state index contributed by atoms with van der Waals surface area (Å²) in [6.45, 7) is 0. The maximum atomic E-state index is 5.67. The Morgan fingerprint density at radius 2 is 1.28 bits per heavy atom. The molecule has 0 amide bonds. The molecule has 29 heavy (non-hydrogen) atoms. The van der Waals surface area contributed by atoms with Gasteiger partial charge in [-0.2, -0.15) is 0 Å². The van der Waals surface area contributed by atoms with Crippen molar-refractivity contribution in [3.05, 3.63) is 60.7 Å². The van der Waals surface area contributed by atoms with Crippen LogP contribution in [0, 0.1) is 0 Å². The zero-order valence-corrected chi connectivity index (χ0v) is 16.4. The molecule has 0 atom stereocenters. The molecule has 0 fully saturated rings. The van der Waals surface area contributed by atoms with Crippen molar-refractivity contribution in [3.8, 4) is 28.6 Å². The van der Waals surface area contributed by atoms with E-state index in [1.807, 2.05) is 24.3 Å². The van der Waals surface area contributed by atoms with Crippen LogP contribution in [-0.2, 0) is 0 Å². The van der Waals surface area contributed by atoms with E-state index in [1.165, 1.54) is 10.8 Å². The van der Waals surface area contributed by atoms with Crippen LogP contribution in [0.25, 0.3) is 44.0 Å². The summed E-state index contributed by atoms with van der Waals surface area (Å²) >= 11 is 0. The van der Waals surface area contributed by atoms with Gasteiger partial charge in [0.15, 0.2) is 11.5 Å². The standard InChI is InChI=1S/C24H20N2O3/c1-27-19-13-12-18(22(28-2)23(19)29-3)24-25-20-16-10-6-4-8-14(16)15-9-5-7-11-17(15)21(20)26-24/h4-13H,1-3H3,(H,25,26). The fourth-order valence-electron chi connectivity index (χ4n) is 4.04. The van der Waals surface area contributed by atoms with E-state index < -0.39 is 0 Å². The van der Waals surface area contributed by atoms with E-state index in [4.69, 9.17) is 19.2 Å². The first-order valence-corrected chi connectivity index (χ1v) is 9.35. The Kier molecular flexibility index (Phi) is 4.02. The van der Waals surface area contributed by atoms with E-state index in [-0.39, 0.29) is 0 Å². The first kappa shape index (κ1) is 17.4. The average molecular weight is 384 g/mol. The zero-order chi connectivity index (χ0) is 20.0. The molecule has 0 spiro atoms. The van der Waals surface area contributed by atoms with E-state index in [1.54, 1.807) is 21.3 Å². The highest BCUT2D eigenvalue weighted by molar-refractivity contribution is 6.23. The second-order valence-corrected chi connectivity index (χ2v) is 6.78. The van der Waals surface area contributed by atoms with Gasteiger partial charge in [-0.3, -0.25) is 0 Å². The largest absolute Gasteiger partial charge is 0.493 e. The zero-order valence-electron chi connectivity index (χ0n) is 16.4. The molecule has 5 aromatic rings. The summed E-state index contributed by atoms with van der Waals surface area (Å²) in [5, 5.41) is 4.64. The molecule has 0 radical (unpaired) electrons. The summed E-state index contributed by atoms with van der Waals surface area (Å²) in [6, 6.07) is 20.5. The van der Waals surface area contributed by atoms with Crippen molar-refractivity contribution < 1.29 is 14.2 Å². The lowest BCUT2D eigenvalue weighted by atomic mass is 10.0. The quantitative estimate of drug-likeness (QED) is 0.412. The van der Waals surface area contributed by atoms with Crippen LogP contribution in [0.2, 0.25) is 0 Å². The lowest BCUT2D eigenvalue weighted by Gasteiger charge is -2.14. The Balaban J connectivity index is 1.87. The second-order valence-electron chi connectivity index (χ2n) is 6.78. The second kappa shape index (κ2) is 6.71. The Morgan fingerprint density at radius 3 is 1.93 bits per heavy atom. The molecule has 4 aromatic carbocycles. The van der Waals surface area contributed by atoms with Crippen molar-refractivity contribution >= 4 is 32.6 Å². The summed E-state index contributed by atoms with van der Waals surface area (Å²) < 4.78 is 16.6. The number of nitrogens with zero attached hydrogens (tertiary/aromatic N) is 1. The monoisotopic (exact) mass is 384 g/mol. The molecule has 1 N–H and O–H groups in total. The molecule has 144 valence electrons. The van der Waals surface area contributed by atoms with Gasteiger partial charge in [-0.1, -0.05) is 48.5 Å². The number of ether oxygens (including phenoxy) is 3. The molecule has 5 rings (SSSR count). The van der Waals surface area contributed by atoms with Gasteiger partial charge in [0, 0.05) is 10.8 Å². The third-order valence-corrected chi connectivity index (χ3v) is 5.33. The van der Waals surface area contributed by atoms with E-state index in [0.29, 0.717) is 17.2 Å². The van der Waals surface area contributed by atoms with Gasteiger partial charge in [0.2, 0.25) is 5.75 Å². The maximum absolute atomic E-state index is 5.67. The van der Waals surface area contributed by atoms with Crippen LogP contribution in [0.15, 0.2) is 60.7 Å². The topological polar surface area (TPSA) is 56.4 Å². The molecular weight excluding hydrogens is 364 g/mol. The molecule has 5 heteroatoms. The van der Waals surface area contributed by atoms with Crippen LogP contribution in [0.1, 0.15) is 0 Å². The number of H-pyrrole nitrogens is 1. The molecule has 0 aliphatic carbocycles. The maximum Gasteiger partial charge on any atom is 0.204 e. The average Bonchev–Trinajstić information content (AvgIpc) is 3.23. The van der Waals surface area contributed by atoms with Gasteiger partial charge in [-0.05, 0) is 22.9 Å². The van der Waals surface area contributed by atoms with E-state index in [2.05, 4.69) is 41.4 Å². The van der Waals surface area contributed by atoms with Crippen molar-refractivity contribution in [1.29, 1.82) is 0 Å². The van der Waals surface area contributed by atoms with Gasteiger partial charge in [0.1, 0.15) is 5.82 Å². The van der Waals surface area contributed by atoms with Crippen LogP contribution in [0.3, 0.4) is 0 Å². The van der Waals surface area contributed by atoms with Crippen molar-refractivity contribution in [2.45, 2.75) is 0 Å². The molecule has 0 unspecified atom stereocenters. The SMILES string of the molecule is COc1ccc(-c2nc3c4ccccc4c4ccccc4c3[nH]2)c(OC)c1OC. The molecule has 1 heterocycles. The van der Waals surface area contributed by atoms with Gasteiger partial charge in [-0.15, -0.1) is 0 Å². The molecule has 1 aromatic heterocycles. The van der Waals surface area contributed by atoms with Crippen molar-refractivity contribution in [2.24, 2.45) is 0 Å². The minimum atomic E-state index is 0.544. The van der Waals surface area contributed by atoms with Crippen LogP contribution in [0.4, 0.5) is 0 Å². The lowest BCUT2D eigenvalue weighted by molar-refractivity contribution is 0.325. The fourth-order valence-corrected chi connectivity index (χ4v) is 4.04. The van der Waals surface area contributed by atoms with E-state index in [9.17, 15) is 0 Å². The first-order valence-electron chi connectivity index (χ1n) is 9.35. The third kappa shape index (κ3) is 2.51. The summed E-state index contributed by atoms with van der Waals surface area (Å²) in [7, 11) is 4.83. The van der Waals surface area contributed by atoms with Crippen LogP contribution < -0.4 is 14.2 Å². The highest BCUT2D eigenvalue weighted by Gasteiger charge is 2.20. The Hall–Kier alpha value is -3.73. The Bertz CT molecular complexity index is 1300. The minimum Gasteiger partial charge on any atom is -0.493 e. The summed E-state index contributed by atoms with van der Waals surface area (Å²) in [4.78, 5) is 8.49. The number of imidazole rings is 1. The number of hydrogen-bond donors (Lipinski definition) is 1. The van der Waals surface area contributed by atoms with E-state index in [0.717, 1.165) is 33.2 Å². The van der Waals surface area contributed by atoms with Crippen LogP contribution in [-0.4, -0.2) is 31.3 Å². The highest BCUT2D eigenvalue weighted by Crippen LogP contribution is 2.44. The number of benzene rings is 4. The number of aromatic nitrogens is 2. The van der Waals surface area contributed by atoms with Gasteiger partial charge in [0.25, 0.3) is 0 Å². The predicted molar refractivity (Wildman–Crippen MR) is 116 cm³/mol. The minimum absolute atomic E-state index is 0.544.